The molecular formula is C32H46F2N4O4. The second kappa shape index (κ2) is 12.1. The van der Waals surface area contributed by atoms with Gasteiger partial charge in [-0.15, -0.1) is 0 Å². The molecule has 1 aromatic rings. The van der Waals surface area contributed by atoms with E-state index in [1.807, 2.05) is 35.0 Å². The zero-order valence-electron chi connectivity index (χ0n) is 25.4. The number of hydrogen-bond acceptors (Lipinski definition) is 5. The topological polar surface area (TPSA) is 82.2 Å². The third kappa shape index (κ3) is 6.74. The number of alkyl carbamates (subject to hydrolysis) is 1. The first-order valence-corrected chi connectivity index (χ1v) is 15.5. The minimum absolute atomic E-state index is 0.000905. The van der Waals surface area contributed by atoms with E-state index >= 15 is 0 Å². The maximum Gasteiger partial charge on any atom is 0.408 e. The van der Waals surface area contributed by atoms with Crippen molar-refractivity contribution >= 4 is 17.9 Å². The number of hydrogen-bond donors (Lipinski definition) is 1. The van der Waals surface area contributed by atoms with Crippen molar-refractivity contribution in [1.82, 2.24) is 20.0 Å². The fourth-order valence-corrected chi connectivity index (χ4v) is 7.37. The van der Waals surface area contributed by atoms with Gasteiger partial charge in [0.2, 0.25) is 18.2 Å². The fourth-order valence-electron chi connectivity index (χ4n) is 7.37. The van der Waals surface area contributed by atoms with Gasteiger partial charge >= 0.3 is 6.09 Å². The molecule has 1 saturated carbocycles. The third-order valence-corrected chi connectivity index (χ3v) is 9.65. The SMILES string of the molecule is CN(CCC(F)F)[C@H]1CC[C@H](NC(=O)OC(C)(C)C)C(=O)N2[C@H](CC[C@H]2C(=O)N2C[C@@H](c3ccccc3)CC23CC3)C1. The number of nitrogens with zero attached hydrogens (tertiary/aromatic N) is 3. The summed E-state index contributed by atoms with van der Waals surface area (Å²) in [6.45, 7) is 6.17. The zero-order valence-corrected chi connectivity index (χ0v) is 25.4. The van der Waals surface area contributed by atoms with Gasteiger partial charge in [-0.05, 0) is 84.7 Å². The molecule has 0 radical (unpaired) electrons. The van der Waals surface area contributed by atoms with Crippen LogP contribution in [0.1, 0.15) is 90.0 Å². The Kier molecular flexibility index (Phi) is 8.84. The lowest BCUT2D eigenvalue weighted by molar-refractivity contribution is -0.148. The van der Waals surface area contributed by atoms with Crippen molar-refractivity contribution in [3.63, 3.8) is 0 Å². The van der Waals surface area contributed by atoms with Crippen LogP contribution in [0.15, 0.2) is 30.3 Å². The Bertz CT molecular complexity index is 1140. The second-order valence-corrected chi connectivity index (χ2v) is 13.8. The molecule has 4 aliphatic rings. The van der Waals surface area contributed by atoms with E-state index in [0.717, 1.165) is 19.3 Å². The number of likely N-dealkylation sites (tertiary alicyclic amines) is 1. The predicted octanol–water partition coefficient (Wildman–Crippen LogP) is 4.93. The normalized spacial score (nSPS) is 29.0. The van der Waals surface area contributed by atoms with Gasteiger partial charge in [-0.1, -0.05) is 30.3 Å². The average Bonchev–Trinajstić information content (AvgIpc) is 3.41. The molecule has 0 unspecified atom stereocenters. The minimum atomic E-state index is -2.39. The summed E-state index contributed by atoms with van der Waals surface area (Å²) < 4.78 is 31.5. The zero-order chi connectivity index (χ0) is 30.2. The summed E-state index contributed by atoms with van der Waals surface area (Å²) in [5, 5.41) is 2.79. The Hall–Kier alpha value is -2.75. The Morgan fingerprint density at radius 2 is 1.83 bits per heavy atom. The Labute approximate surface area is 248 Å². The molecule has 10 heteroatoms. The molecule has 3 saturated heterocycles. The van der Waals surface area contributed by atoms with E-state index in [1.54, 1.807) is 25.7 Å². The summed E-state index contributed by atoms with van der Waals surface area (Å²) >= 11 is 0. The molecule has 1 N–H and O–H groups in total. The summed E-state index contributed by atoms with van der Waals surface area (Å²) in [5.41, 5.74) is 0.376. The molecule has 0 aromatic heterocycles. The van der Waals surface area contributed by atoms with Gasteiger partial charge in [0.15, 0.2) is 0 Å². The highest BCUT2D eigenvalue weighted by molar-refractivity contribution is 5.93. The van der Waals surface area contributed by atoms with Gasteiger partial charge in [-0.25, -0.2) is 13.6 Å². The number of halogens is 2. The first-order chi connectivity index (χ1) is 19.9. The first kappa shape index (κ1) is 30.7. The summed E-state index contributed by atoms with van der Waals surface area (Å²) in [4.78, 5) is 47.0. The van der Waals surface area contributed by atoms with Crippen molar-refractivity contribution in [1.29, 1.82) is 0 Å². The summed E-state index contributed by atoms with van der Waals surface area (Å²) in [6, 6.07) is 8.62. The number of rotatable bonds is 7. The highest BCUT2D eigenvalue weighted by Gasteiger charge is 2.58. The van der Waals surface area contributed by atoms with Crippen molar-refractivity contribution in [3.8, 4) is 0 Å². The van der Waals surface area contributed by atoms with Crippen molar-refractivity contribution in [2.45, 2.75) is 126 Å². The number of carbonyl (C=O) groups excluding carboxylic acids is 3. The van der Waals surface area contributed by atoms with E-state index in [-0.39, 0.29) is 48.3 Å². The lowest BCUT2D eigenvalue weighted by Gasteiger charge is -2.41. The monoisotopic (exact) mass is 588 g/mol. The lowest BCUT2D eigenvalue weighted by Crippen LogP contribution is -2.59. The Morgan fingerprint density at radius 1 is 1.12 bits per heavy atom. The molecule has 3 amide bonds. The minimum Gasteiger partial charge on any atom is -0.444 e. The number of benzene rings is 1. The van der Waals surface area contributed by atoms with Crippen molar-refractivity contribution in [3.05, 3.63) is 35.9 Å². The summed E-state index contributed by atoms with van der Waals surface area (Å²) in [7, 11) is 1.85. The fraction of sp³-hybridized carbons (Fsp3) is 0.719. The van der Waals surface area contributed by atoms with E-state index in [0.29, 0.717) is 38.6 Å². The molecular weight excluding hydrogens is 542 g/mol. The molecule has 232 valence electrons. The highest BCUT2D eigenvalue weighted by atomic mass is 19.3. The second-order valence-electron chi connectivity index (χ2n) is 13.8. The number of fused-ring (bicyclic) bond motifs is 1. The molecule has 3 heterocycles. The maximum absolute atomic E-state index is 14.3. The molecule has 1 aliphatic carbocycles. The van der Waals surface area contributed by atoms with Crippen LogP contribution < -0.4 is 5.32 Å². The van der Waals surface area contributed by atoms with Crippen LogP contribution >= 0.6 is 0 Å². The van der Waals surface area contributed by atoms with Crippen molar-refractivity contribution in [2.24, 2.45) is 0 Å². The van der Waals surface area contributed by atoms with Crippen LogP contribution in [0.3, 0.4) is 0 Å². The molecule has 4 fully saturated rings. The van der Waals surface area contributed by atoms with E-state index < -0.39 is 30.2 Å². The van der Waals surface area contributed by atoms with E-state index in [9.17, 15) is 23.2 Å². The van der Waals surface area contributed by atoms with Crippen LogP contribution in [0.2, 0.25) is 0 Å². The summed E-state index contributed by atoms with van der Waals surface area (Å²) in [5.74, 6) is 0.0207. The average molecular weight is 589 g/mol. The molecule has 8 nitrogen and oxygen atoms in total. The quantitative estimate of drug-likeness (QED) is 0.489. The van der Waals surface area contributed by atoms with Crippen LogP contribution in [0.25, 0.3) is 0 Å². The molecule has 5 rings (SSSR count). The molecule has 1 aromatic carbocycles. The lowest BCUT2D eigenvalue weighted by atomic mass is 9.93. The number of nitrogens with one attached hydrogen (secondary N) is 1. The number of alkyl halides is 2. The highest BCUT2D eigenvalue weighted by Crippen LogP contribution is 2.54. The van der Waals surface area contributed by atoms with Gasteiger partial charge in [-0.2, -0.15) is 0 Å². The predicted molar refractivity (Wildman–Crippen MR) is 155 cm³/mol. The first-order valence-electron chi connectivity index (χ1n) is 15.5. The van der Waals surface area contributed by atoms with Crippen LogP contribution in [-0.2, 0) is 14.3 Å². The number of amides is 3. The van der Waals surface area contributed by atoms with E-state index in [4.69, 9.17) is 4.74 Å². The van der Waals surface area contributed by atoms with Crippen LogP contribution in [0.4, 0.5) is 13.6 Å². The van der Waals surface area contributed by atoms with Gasteiger partial charge in [-0.3, -0.25) is 9.59 Å². The third-order valence-electron chi connectivity index (χ3n) is 9.65. The van der Waals surface area contributed by atoms with Gasteiger partial charge in [0.05, 0.1) is 0 Å². The van der Waals surface area contributed by atoms with Crippen LogP contribution in [-0.4, -0.2) is 94.5 Å². The van der Waals surface area contributed by atoms with E-state index in [1.165, 1.54) is 5.56 Å². The van der Waals surface area contributed by atoms with Gasteiger partial charge in [0.1, 0.15) is 17.7 Å². The Morgan fingerprint density at radius 3 is 2.48 bits per heavy atom. The molecule has 3 aliphatic heterocycles. The van der Waals surface area contributed by atoms with Crippen LogP contribution in [0, 0.1) is 0 Å². The Balaban J connectivity index is 1.37. The van der Waals surface area contributed by atoms with Crippen molar-refractivity contribution in [2.75, 3.05) is 20.1 Å². The standard InChI is InChI=1S/C32H46F2N4O4/c1-31(2,3)42-30(41)35-25-12-10-23(36(4)17-14-27(33)34)18-24-11-13-26(38(24)28(25)39)29(40)37-20-22(19-32(37)15-16-32)21-8-6-5-7-9-21/h5-9,22-27H,10-20H2,1-4H3,(H,35,41)/t22-,23-,24+,25-,26-/m0/s1. The van der Waals surface area contributed by atoms with Gasteiger partial charge < -0.3 is 24.8 Å². The largest absolute Gasteiger partial charge is 0.444 e. The summed E-state index contributed by atoms with van der Waals surface area (Å²) in [6.07, 6.45) is 2.37. The molecule has 42 heavy (non-hydrogen) atoms. The molecule has 1 spiro atoms. The molecule has 5 atom stereocenters. The van der Waals surface area contributed by atoms with Crippen molar-refractivity contribution < 1.29 is 27.9 Å². The van der Waals surface area contributed by atoms with E-state index in [2.05, 4.69) is 17.4 Å². The van der Waals surface area contributed by atoms with Gasteiger partial charge in [0, 0.05) is 43.1 Å². The maximum atomic E-state index is 14.3. The van der Waals surface area contributed by atoms with Crippen LogP contribution in [0.5, 0.6) is 0 Å². The smallest absolute Gasteiger partial charge is 0.408 e. The number of ether oxygens (including phenoxy) is 1. The molecule has 0 bridgehead atoms. The number of carbonyl (C=O) groups is 3. The van der Waals surface area contributed by atoms with Gasteiger partial charge in [0.25, 0.3) is 0 Å².